The monoisotopic (exact) mass is 302 g/mol. The zero-order valence-electron chi connectivity index (χ0n) is 12.9. The lowest BCUT2D eigenvalue weighted by molar-refractivity contribution is -0.142. The molecule has 3 rings (SSSR count). The first-order chi connectivity index (χ1) is 10.6. The Hall–Kier alpha value is -1.88. The minimum absolute atomic E-state index is 0.00722. The number of carboxylic acid groups (broad SMARTS) is 1. The van der Waals surface area contributed by atoms with Crippen LogP contribution in [0.1, 0.15) is 31.7 Å². The minimum atomic E-state index is -0.822. The zero-order valence-corrected chi connectivity index (χ0v) is 12.9. The van der Waals surface area contributed by atoms with Crippen molar-refractivity contribution in [3.05, 3.63) is 29.8 Å². The summed E-state index contributed by atoms with van der Waals surface area (Å²) in [4.78, 5) is 27.7. The van der Waals surface area contributed by atoms with Crippen LogP contribution in [-0.4, -0.2) is 47.1 Å². The fourth-order valence-electron chi connectivity index (χ4n) is 3.61. The van der Waals surface area contributed by atoms with Gasteiger partial charge in [-0.05, 0) is 50.8 Å². The molecule has 1 aromatic carbocycles. The standard InChI is InChI=1S/C17H22N2O3/c1-12-8-9-13-5-2-3-6-14(13)19(12)16(20)11-18-10-4-7-15(18)17(21)22/h2-3,5-6,12,15H,4,7-11H2,1H3,(H,21,22). The average molecular weight is 302 g/mol. The predicted octanol–water partition coefficient (Wildman–Crippen LogP) is 1.90. The second-order valence-corrected chi connectivity index (χ2v) is 6.25. The molecule has 5 nitrogen and oxygen atoms in total. The number of hydrogen-bond acceptors (Lipinski definition) is 3. The molecule has 0 aromatic heterocycles. The molecule has 1 N–H and O–H groups in total. The number of amides is 1. The van der Waals surface area contributed by atoms with Gasteiger partial charge in [-0.2, -0.15) is 0 Å². The first-order valence-corrected chi connectivity index (χ1v) is 7.94. The van der Waals surface area contributed by atoms with Crippen LogP contribution in [0.25, 0.3) is 0 Å². The van der Waals surface area contributed by atoms with Crippen LogP contribution in [0.4, 0.5) is 5.69 Å². The Bertz CT molecular complexity index is 587. The minimum Gasteiger partial charge on any atom is -0.480 e. The van der Waals surface area contributed by atoms with Crippen molar-refractivity contribution >= 4 is 17.6 Å². The molecule has 0 aliphatic carbocycles. The molecule has 1 amide bonds. The SMILES string of the molecule is CC1CCc2ccccc2N1C(=O)CN1CCCC1C(=O)O. The first-order valence-electron chi connectivity index (χ1n) is 7.94. The highest BCUT2D eigenvalue weighted by atomic mass is 16.4. The summed E-state index contributed by atoms with van der Waals surface area (Å²) in [5.74, 6) is -0.815. The van der Waals surface area contributed by atoms with Crippen molar-refractivity contribution < 1.29 is 14.7 Å². The Balaban J connectivity index is 1.78. The van der Waals surface area contributed by atoms with Crippen molar-refractivity contribution in [2.75, 3.05) is 18.0 Å². The molecule has 0 spiro atoms. The number of fused-ring (bicyclic) bond motifs is 1. The van der Waals surface area contributed by atoms with Crippen LogP contribution >= 0.6 is 0 Å². The van der Waals surface area contributed by atoms with E-state index in [4.69, 9.17) is 0 Å². The van der Waals surface area contributed by atoms with Crippen LogP contribution < -0.4 is 4.90 Å². The van der Waals surface area contributed by atoms with E-state index in [0.717, 1.165) is 24.9 Å². The van der Waals surface area contributed by atoms with Gasteiger partial charge in [-0.15, -0.1) is 0 Å². The highest BCUT2D eigenvalue weighted by Crippen LogP contribution is 2.31. The Labute approximate surface area is 130 Å². The number of carbonyl (C=O) groups excluding carboxylic acids is 1. The second kappa shape index (κ2) is 6.08. The number of likely N-dealkylation sites (tertiary alicyclic amines) is 1. The number of anilines is 1. The molecular formula is C17H22N2O3. The number of carbonyl (C=O) groups is 2. The Morgan fingerprint density at radius 3 is 2.82 bits per heavy atom. The maximum atomic E-state index is 12.8. The Kier molecular flexibility index (Phi) is 4.16. The molecule has 1 saturated heterocycles. The molecule has 0 saturated carbocycles. The van der Waals surface area contributed by atoms with Crippen molar-refractivity contribution in [1.82, 2.24) is 4.90 Å². The quantitative estimate of drug-likeness (QED) is 0.926. The summed E-state index contributed by atoms with van der Waals surface area (Å²) < 4.78 is 0. The molecule has 2 aliphatic rings. The van der Waals surface area contributed by atoms with Gasteiger partial charge in [0.25, 0.3) is 0 Å². The summed E-state index contributed by atoms with van der Waals surface area (Å²) in [6, 6.07) is 7.65. The van der Waals surface area contributed by atoms with Gasteiger partial charge in [0.1, 0.15) is 6.04 Å². The topological polar surface area (TPSA) is 60.9 Å². The maximum Gasteiger partial charge on any atom is 0.320 e. The fourth-order valence-corrected chi connectivity index (χ4v) is 3.61. The van der Waals surface area contributed by atoms with Gasteiger partial charge in [0.15, 0.2) is 0 Å². The third-order valence-corrected chi connectivity index (χ3v) is 4.78. The Morgan fingerprint density at radius 1 is 1.27 bits per heavy atom. The summed E-state index contributed by atoms with van der Waals surface area (Å²) in [7, 11) is 0. The Morgan fingerprint density at radius 2 is 2.05 bits per heavy atom. The summed E-state index contributed by atoms with van der Waals surface area (Å²) in [5, 5.41) is 9.25. The van der Waals surface area contributed by atoms with Crippen LogP contribution in [0.3, 0.4) is 0 Å². The van der Waals surface area contributed by atoms with Crippen molar-refractivity contribution in [3.8, 4) is 0 Å². The van der Waals surface area contributed by atoms with E-state index in [1.165, 1.54) is 5.56 Å². The van der Waals surface area contributed by atoms with Gasteiger partial charge in [0.05, 0.1) is 6.54 Å². The third kappa shape index (κ3) is 2.73. The van der Waals surface area contributed by atoms with E-state index in [9.17, 15) is 14.7 Å². The van der Waals surface area contributed by atoms with E-state index in [-0.39, 0.29) is 18.5 Å². The number of aliphatic carboxylic acids is 1. The molecule has 1 fully saturated rings. The molecular weight excluding hydrogens is 280 g/mol. The van der Waals surface area contributed by atoms with Gasteiger partial charge in [-0.25, -0.2) is 0 Å². The number of aryl methyl sites for hydroxylation is 1. The van der Waals surface area contributed by atoms with Crippen molar-refractivity contribution in [2.45, 2.75) is 44.7 Å². The molecule has 22 heavy (non-hydrogen) atoms. The fraction of sp³-hybridized carbons (Fsp3) is 0.529. The lowest BCUT2D eigenvalue weighted by atomic mass is 9.96. The molecule has 2 atom stereocenters. The number of nitrogens with zero attached hydrogens (tertiary/aromatic N) is 2. The van der Waals surface area contributed by atoms with Gasteiger partial charge in [0, 0.05) is 11.7 Å². The van der Waals surface area contributed by atoms with E-state index in [0.29, 0.717) is 13.0 Å². The van der Waals surface area contributed by atoms with E-state index >= 15 is 0 Å². The first kappa shape index (κ1) is 15.0. The van der Waals surface area contributed by atoms with E-state index in [2.05, 4.69) is 13.0 Å². The number of rotatable bonds is 3. The van der Waals surface area contributed by atoms with Crippen molar-refractivity contribution in [1.29, 1.82) is 0 Å². The number of para-hydroxylation sites is 1. The van der Waals surface area contributed by atoms with Gasteiger partial charge in [-0.1, -0.05) is 18.2 Å². The van der Waals surface area contributed by atoms with Crippen LogP contribution in [0, 0.1) is 0 Å². The molecule has 2 heterocycles. The summed E-state index contributed by atoms with van der Waals surface area (Å²) in [6.07, 6.45) is 3.42. The molecule has 2 unspecified atom stereocenters. The highest BCUT2D eigenvalue weighted by molar-refractivity contribution is 5.96. The van der Waals surface area contributed by atoms with Crippen molar-refractivity contribution in [3.63, 3.8) is 0 Å². The molecule has 1 aromatic rings. The summed E-state index contributed by atoms with van der Waals surface area (Å²) in [5.41, 5.74) is 2.18. The normalized spacial score (nSPS) is 25.0. The summed E-state index contributed by atoms with van der Waals surface area (Å²) in [6.45, 7) is 2.94. The lowest BCUT2D eigenvalue weighted by Crippen LogP contribution is -2.49. The van der Waals surface area contributed by atoms with Gasteiger partial charge in [-0.3, -0.25) is 14.5 Å². The third-order valence-electron chi connectivity index (χ3n) is 4.78. The average Bonchev–Trinajstić information content (AvgIpc) is 2.95. The number of hydrogen-bond donors (Lipinski definition) is 1. The predicted molar refractivity (Wildman–Crippen MR) is 83.9 cm³/mol. The van der Waals surface area contributed by atoms with Crippen LogP contribution in [0.15, 0.2) is 24.3 Å². The smallest absolute Gasteiger partial charge is 0.320 e. The van der Waals surface area contributed by atoms with E-state index in [1.807, 2.05) is 23.1 Å². The van der Waals surface area contributed by atoms with Crippen molar-refractivity contribution in [2.24, 2.45) is 0 Å². The molecule has 118 valence electrons. The number of carboxylic acids is 1. The summed E-state index contributed by atoms with van der Waals surface area (Å²) >= 11 is 0. The van der Waals surface area contributed by atoms with Crippen LogP contribution in [-0.2, 0) is 16.0 Å². The van der Waals surface area contributed by atoms with Gasteiger partial charge >= 0.3 is 5.97 Å². The second-order valence-electron chi connectivity index (χ2n) is 6.25. The largest absolute Gasteiger partial charge is 0.480 e. The van der Waals surface area contributed by atoms with Crippen LogP contribution in [0.5, 0.6) is 0 Å². The maximum absolute atomic E-state index is 12.8. The van der Waals surface area contributed by atoms with Gasteiger partial charge in [0.2, 0.25) is 5.91 Å². The molecule has 0 bridgehead atoms. The van der Waals surface area contributed by atoms with Gasteiger partial charge < -0.3 is 10.0 Å². The lowest BCUT2D eigenvalue weighted by Gasteiger charge is -2.36. The molecule has 2 aliphatic heterocycles. The number of benzene rings is 1. The van der Waals surface area contributed by atoms with Crippen LogP contribution in [0.2, 0.25) is 0 Å². The van der Waals surface area contributed by atoms with E-state index in [1.54, 1.807) is 4.90 Å². The van der Waals surface area contributed by atoms with E-state index < -0.39 is 12.0 Å². The molecule has 0 radical (unpaired) electrons. The highest BCUT2D eigenvalue weighted by Gasteiger charge is 2.35. The molecule has 5 heteroatoms. The zero-order chi connectivity index (χ0) is 15.7.